The normalized spacial score (nSPS) is 14.1. The van der Waals surface area contributed by atoms with Crippen LogP contribution in [0.2, 0.25) is 0 Å². The molecule has 5 heteroatoms. The molecule has 1 N–H and O–H groups in total. The molecule has 2 unspecified atom stereocenters. The highest BCUT2D eigenvalue weighted by molar-refractivity contribution is 9.11. The Morgan fingerprint density at radius 3 is 2.40 bits per heavy atom. The average molecular weight is 279 g/mol. The molecule has 0 saturated carbocycles. The van der Waals surface area contributed by atoms with Gasteiger partial charge in [0.15, 0.2) is 5.92 Å². The third-order valence-electron chi connectivity index (χ3n) is 1.90. The standard InChI is InChI=1S/C10H15BrO4/c1-4-7(3)15-10(14)8(9(12)13)5-6(2)11/h7-8H,2,4-5H2,1,3H3,(H,12,13). The van der Waals surface area contributed by atoms with Gasteiger partial charge in [0, 0.05) is 6.42 Å². The van der Waals surface area contributed by atoms with Gasteiger partial charge in [-0.15, -0.1) is 0 Å². The number of rotatable bonds is 6. The lowest BCUT2D eigenvalue weighted by Crippen LogP contribution is -2.28. The maximum absolute atomic E-state index is 11.4. The number of carbonyl (C=O) groups is 2. The van der Waals surface area contributed by atoms with Crippen molar-refractivity contribution in [3.05, 3.63) is 11.1 Å². The van der Waals surface area contributed by atoms with Crippen molar-refractivity contribution < 1.29 is 19.4 Å². The molecule has 0 radical (unpaired) electrons. The fraction of sp³-hybridized carbons (Fsp3) is 0.600. The van der Waals surface area contributed by atoms with Crippen molar-refractivity contribution in [3.8, 4) is 0 Å². The summed E-state index contributed by atoms with van der Waals surface area (Å²) in [6.45, 7) is 7.08. The van der Waals surface area contributed by atoms with E-state index in [1.54, 1.807) is 6.92 Å². The molecule has 0 aliphatic heterocycles. The first-order valence-electron chi connectivity index (χ1n) is 4.65. The van der Waals surface area contributed by atoms with Crippen molar-refractivity contribution >= 4 is 27.9 Å². The highest BCUT2D eigenvalue weighted by Gasteiger charge is 2.29. The van der Waals surface area contributed by atoms with Gasteiger partial charge in [-0.05, 0) is 17.8 Å². The molecular formula is C10H15BrO4. The van der Waals surface area contributed by atoms with E-state index in [2.05, 4.69) is 22.5 Å². The summed E-state index contributed by atoms with van der Waals surface area (Å²) in [6.07, 6.45) is 0.445. The Morgan fingerprint density at radius 2 is 2.07 bits per heavy atom. The summed E-state index contributed by atoms with van der Waals surface area (Å²) in [5.74, 6) is -3.08. The third kappa shape index (κ3) is 5.57. The van der Waals surface area contributed by atoms with Crippen LogP contribution < -0.4 is 0 Å². The van der Waals surface area contributed by atoms with E-state index < -0.39 is 17.9 Å². The van der Waals surface area contributed by atoms with Gasteiger partial charge >= 0.3 is 11.9 Å². The molecule has 0 saturated heterocycles. The van der Waals surface area contributed by atoms with Crippen LogP contribution >= 0.6 is 15.9 Å². The molecule has 0 aromatic rings. The van der Waals surface area contributed by atoms with Crippen LogP contribution in [0.25, 0.3) is 0 Å². The first-order chi connectivity index (χ1) is 6.88. The Morgan fingerprint density at radius 1 is 1.53 bits per heavy atom. The molecule has 0 bridgehead atoms. The van der Waals surface area contributed by atoms with E-state index in [-0.39, 0.29) is 12.5 Å². The van der Waals surface area contributed by atoms with E-state index in [4.69, 9.17) is 9.84 Å². The molecule has 0 rings (SSSR count). The molecule has 86 valence electrons. The molecule has 0 aromatic carbocycles. The van der Waals surface area contributed by atoms with Crippen LogP contribution in [0.1, 0.15) is 26.7 Å². The number of hydrogen-bond donors (Lipinski definition) is 1. The predicted octanol–water partition coefficient (Wildman–Crippen LogP) is 2.33. The largest absolute Gasteiger partial charge is 0.481 e. The fourth-order valence-corrected chi connectivity index (χ4v) is 1.18. The number of carboxylic acids is 1. The number of ether oxygens (including phenoxy) is 1. The van der Waals surface area contributed by atoms with Crippen LogP contribution in [0.15, 0.2) is 11.1 Å². The van der Waals surface area contributed by atoms with Gasteiger partial charge < -0.3 is 9.84 Å². The van der Waals surface area contributed by atoms with E-state index in [0.29, 0.717) is 10.9 Å². The highest BCUT2D eigenvalue weighted by atomic mass is 79.9. The van der Waals surface area contributed by atoms with Crippen LogP contribution in [-0.2, 0) is 14.3 Å². The van der Waals surface area contributed by atoms with Crippen molar-refractivity contribution in [3.63, 3.8) is 0 Å². The molecule has 0 aliphatic carbocycles. The van der Waals surface area contributed by atoms with Crippen LogP contribution in [0, 0.1) is 5.92 Å². The number of carbonyl (C=O) groups excluding carboxylic acids is 1. The Kier molecular flexibility index (Phi) is 6.24. The SMILES string of the molecule is C=C(Br)CC(C(=O)O)C(=O)OC(C)CC. The van der Waals surface area contributed by atoms with Gasteiger partial charge in [-0.2, -0.15) is 0 Å². The van der Waals surface area contributed by atoms with E-state index in [0.717, 1.165) is 0 Å². The number of allylic oxidation sites excluding steroid dienone is 1. The molecule has 2 atom stereocenters. The first kappa shape index (κ1) is 14.2. The van der Waals surface area contributed by atoms with Gasteiger partial charge in [0.2, 0.25) is 0 Å². The molecule has 0 aliphatic rings. The summed E-state index contributed by atoms with van der Waals surface area (Å²) in [6, 6.07) is 0. The third-order valence-corrected chi connectivity index (χ3v) is 2.22. The Balaban J connectivity index is 4.42. The second-order valence-electron chi connectivity index (χ2n) is 3.27. The first-order valence-corrected chi connectivity index (χ1v) is 5.44. The maximum atomic E-state index is 11.4. The van der Waals surface area contributed by atoms with Gasteiger partial charge in [0.1, 0.15) is 0 Å². The van der Waals surface area contributed by atoms with E-state index in [9.17, 15) is 9.59 Å². The van der Waals surface area contributed by atoms with Crippen molar-refractivity contribution in [2.24, 2.45) is 5.92 Å². The summed E-state index contributed by atoms with van der Waals surface area (Å²) < 4.78 is 5.41. The Labute approximate surface area is 97.4 Å². The summed E-state index contributed by atoms with van der Waals surface area (Å²) in [5, 5.41) is 8.82. The molecular weight excluding hydrogens is 264 g/mol. The predicted molar refractivity (Wildman–Crippen MR) is 59.7 cm³/mol. The molecule has 0 fully saturated rings. The van der Waals surface area contributed by atoms with Crippen LogP contribution in [-0.4, -0.2) is 23.1 Å². The summed E-state index contributed by atoms with van der Waals surface area (Å²) in [5.41, 5.74) is 0. The second kappa shape index (κ2) is 6.61. The van der Waals surface area contributed by atoms with Crippen LogP contribution in [0.4, 0.5) is 0 Å². The summed E-state index contributed by atoms with van der Waals surface area (Å²) >= 11 is 3.03. The van der Waals surface area contributed by atoms with Gasteiger partial charge in [0.05, 0.1) is 6.10 Å². The van der Waals surface area contributed by atoms with Gasteiger partial charge in [-0.25, -0.2) is 0 Å². The smallest absolute Gasteiger partial charge is 0.320 e. The number of esters is 1. The molecule has 0 amide bonds. The Hall–Kier alpha value is -0.840. The van der Waals surface area contributed by atoms with Crippen molar-refractivity contribution in [1.29, 1.82) is 0 Å². The second-order valence-corrected chi connectivity index (χ2v) is 4.39. The van der Waals surface area contributed by atoms with Gasteiger partial charge in [0.25, 0.3) is 0 Å². The zero-order valence-electron chi connectivity index (χ0n) is 8.83. The molecule has 0 spiro atoms. The molecule has 4 nitrogen and oxygen atoms in total. The van der Waals surface area contributed by atoms with Crippen molar-refractivity contribution in [2.45, 2.75) is 32.8 Å². The molecule has 0 heterocycles. The van der Waals surface area contributed by atoms with Crippen molar-refractivity contribution in [1.82, 2.24) is 0 Å². The number of aliphatic carboxylic acids is 1. The minimum absolute atomic E-state index is 0.0462. The number of halogens is 1. The molecule has 0 aromatic heterocycles. The minimum atomic E-state index is -1.19. The van der Waals surface area contributed by atoms with Gasteiger partial charge in [-0.1, -0.05) is 29.4 Å². The fourth-order valence-electron chi connectivity index (χ4n) is 0.857. The highest BCUT2D eigenvalue weighted by Crippen LogP contribution is 2.18. The van der Waals surface area contributed by atoms with Crippen molar-refractivity contribution in [2.75, 3.05) is 0 Å². The average Bonchev–Trinajstić information content (AvgIpc) is 2.12. The van der Waals surface area contributed by atoms with E-state index in [1.165, 1.54) is 0 Å². The quantitative estimate of drug-likeness (QED) is 0.598. The van der Waals surface area contributed by atoms with E-state index >= 15 is 0 Å². The zero-order chi connectivity index (χ0) is 12.0. The Bertz CT molecular complexity index is 262. The van der Waals surface area contributed by atoms with Crippen LogP contribution in [0.3, 0.4) is 0 Å². The maximum Gasteiger partial charge on any atom is 0.320 e. The lowest BCUT2D eigenvalue weighted by atomic mass is 10.1. The lowest BCUT2D eigenvalue weighted by Gasteiger charge is -2.15. The van der Waals surface area contributed by atoms with Gasteiger partial charge in [-0.3, -0.25) is 9.59 Å². The summed E-state index contributed by atoms with van der Waals surface area (Å²) in [4.78, 5) is 22.2. The topological polar surface area (TPSA) is 63.6 Å². The van der Waals surface area contributed by atoms with Crippen LogP contribution in [0.5, 0.6) is 0 Å². The zero-order valence-corrected chi connectivity index (χ0v) is 10.4. The minimum Gasteiger partial charge on any atom is -0.481 e. The molecule has 15 heavy (non-hydrogen) atoms. The lowest BCUT2D eigenvalue weighted by molar-refractivity contribution is -0.161. The van der Waals surface area contributed by atoms with E-state index in [1.807, 2.05) is 6.92 Å². The monoisotopic (exact) mass is 278 g/mol. The number of hydrogen-bond acceptors (Lipinski definition) is 3. The number of carboxylic acid groups (broad SMARTS) is 1. The summed E-state index contributed by atoms with van der Waals surface area (Å²) in [7, 11) is 0.